The van der Waals surface area contributed by atoms with E-state index in [4.69, 9.17) is 4.98 Å². The monoisotopic (exact) mass is 409 g/mol. The fourth-order valence-corrected chi connectivity index (χ4v) is 4.86. The second kappa shape index (κ2) is 9.51. The predicted molar refractivity (Wildman–Crippen MR) is 124 cm³/mol. The van der Waals surface area contributed by atoms with Crippen molar-refractivity contribution in [3.8, 4) is 0 Å². The molecule has 3 rings (SSSR count). The summed E-state index contributed by atoms with van der Waals surface area (Å²) >= 11 is 1.62. The Balaban J connectivity index is 1.91. The first-order valence-electron chi connectivity index (χ1n) is 10.4. The highest BCUT2D eigenvalue weighted by molar-refractivity contribution is 7.22. The number of amides is 1. The predicted octanol–water partition coefficient (Wildman–Crippen LogP) is 5.14. The molecule has 4 nitrogen and oxygen atoms in total. The van der Waals surface area contributed by atoms with E-state index in [1.807, 2.05) is 17.0 Å². The van der Waals surface area contributed by atoms with Crippen LogP contribution in [-0.2, 0) is 11.2 Å². The molecule has 0 radical (unpaired) electrons. The molecule has 0 saturated heterocycles. The lowest BCUT2D eigenvalue weighted by atomic mass is 10.1. The van der Waals surface area contributed by atoms with Gasteiger partial charge >= 0.3 is 0 Å². The van der Waals surface area contributed by atoms with Gasteiger partial charge in [-0.25, -0.2) is 4.98 Å². The Morgan fingerprint density at radius 2 is 1.76 bits per heavy atom. The fourth-order valence-electron chi connectivity index (χ4n) is 3.67. The van der Waals surface area contributed by atoms with Crippen molar-refractivity contribution in [2.75, 3.05) is 31.1 Å². The van der Waals surface area contributed by atoms with Crippen LogP contribution in [0.5, 0.6) is 0 Å². The van der Waals surface area contributed by atoms with E-state index >= 15 is 0 Å². The zero-order chi connectivity index (χ0) is 21.0. The lowest BCUT2D eigenvalue weighted by Crippen LogP contribution is -2.39. The van der Waals surface area contributed by atoms with E-state index < -0.39 is 0 Å². The number of rotatable bonds is 8. The maximum atomic E-state index is 13.3. The number of hydrogen-bond acceptors (Lipinski definition) is 4. The number of fused-ring (bicyclic) bond motifs is 1. The van der Waals surface area contributed by atoms with Crippen LogP contribution in [0.1, 0.15) is 36.1 Å². The molecule has 154 valence electrons. The van der Waals surface area contributed by atoms with E-state index in [1.54, 1.807) is 11.3 Å². The Labute approximate surface area is 178 Å². The van der Waals surface area contributed by atoms with E-state index in [2.05, 4.69) is 63.8 Å². The van der Waals surface area contributed by atoms with Gasteiger partial charge in [0.05, 0.1) is 16.6 Å². The van der Waals surface area contributed by atoms with E-state index in [-0.39, 0.29) is 5.91 Å². The number of benzene rings is 2. The van der Waals surface area contributed by atoms with Crippen LogP contribution in [0.25, 0.3) is 10.2 Å². The normalized spacial score (nSPS) is 11.4. The molecule has 1 heterocycles. The molecule has 5 heteroatoms. The third-order valence-corrected chi connectivity index (χ3v) is 6.35. The van der Waals surface area contributed by atoms with Gasteiger partial charge in [0, 0.05) is 13.1 Å². The number of aromatic nitrogens is 1. The van der Waals surface area contributed by atoms with Crippen molar-refractivity contribution < 1.29 is 4.79 Å². The van der Waals surface area contributed by atoms with Gasteiger partial charge < -0.3 is 4.90 Å². The molecule has 0 saturated carbocycles. The Morgan fingerprint density at radius 1 is 1.00 bits per heavy atom. The zero-order valence-electron chi connectivity index (χ0n) is 18.2. The van der Waals surface area contributed by atoms with Crippen LogP contribution in [0, 0.1) is 20.8 Å². The summed E-state index contributed by atoms with van der Waals surface area (Å²) in [5, 5.41) is 0.804. The molecule has 3 aromatic rings. The van der Waals surface area contributed by atoms with Gasteiger partial charge in [0.1, 0.15) is 0 Å². The van der Waals surface area contributed by atoms with Gasteiger partial charge in [0.25, 0.3) is 0 Å². The highest BCUT2D eigenvalue weighted by Crippen LogP contribution is 2.32. The van der Waals surface area contributed by atoms with Crippen molar-refractivity contribution in [3.05, 3.63) is 58.7 Å². The van der Waals surface area contributed by atoms with E-state index in [1.165, 1.54) is 11.1 Å². The smallest absolute Gasteiger partial charge is 0.233 e. The maximum absolute atomic E-state index is 13.3. The van der Waals surface area contributed by atoms with Crippen molar-refractivity contribution in [3.63, 3.8) is 0 Å². The van der Waals surface area contributed by atoms with Gasteiger partial charge in [-0.15, -0.1) is 0 Å². The summed E-state index contributed by atoms with van der Waals surface area (Å²) in [6.45, 7) is 14.0. The third kappa shape index (κ3) is 5.22. The molecule has 1 amide bonds. The molecule has 29 heavy (non-hydrogen) atoms. The van der Waals surface area contributed by atoms with Crippen LogP contribution in [0.3, 0.4) is 0 Å². The Bertz CT molecular complexity index is 991. The highest BCUT2D eigenvalue weighted by Gasteiger charge is 2.21. The van der Waals surface area contributed by atoms with Crippen LogP contribution < -0.4 is 4.90 Å². The minimum Gasteiger partial charge on any atom is -0.302 e. The average Bonchev–Trinajstić information content (AvgIpc) is 3.09. The lowest BCUT2D eigenvalue weighted by Gasteiger charge is -2.24. The quantitative estimate of drug-likeness (QED) is 0.517. The van der Waals surface area contributed by atoms with Crippen LogP contribution in [0.4, 0.5) is 5.13 Å². The fraction of sp³-hybridized carbons (Fsp3) is 0.417. The summed E-state index contributed by atoms with van der Waals surface area (Å²) in [5.41, 5.74) is 5.63. The summed E-state index contributed by atoms with van der Waals surface area (Å²) in [7, 11) is 0. The maximum Gasteiger partial charge on any atom is 0.233 e. The van der Waals surface area contributed by atoms with E-state index in [0.29, 0.717) is 13.0 Å². The van der Waals surface area contributed by atoms with Crippen LogP contribution in [0.2, 0.25) is 0 Å². The molecule has 0 aliphatic rings. The minimum atomic E-state index is 0.108. The number of hydrogen-bond donors (Lipinski definition) is 0. The van der Waals surface area contributed by atoms with Crippen molar-refractivity contribution in [1.29, 1.82) is 0 Å². The van der Waals surface area contributed by atoms with Crippen LogP contribution in [0.15, 0.2) is 36.4 Å². The van der Waals surface area contributed by atoms with Gasteiger partial charge in [-0.1, -0.05) is 61.1 Å². The average molecular weight is 410 g/mol. The number of likely N-dealkylation sites (N-methyl/N-ethyl adjacent to an activating group) is 1. The molecule has 0 atom stereocenters. The molecule has 0 unspecified atom stereocenters. The lowest BCUT2D eigenvalue weighted by molar-refractivity contribution is -0.118. The van der Waals surface area contributed by atoms with Crippen LogP contribution in [-0.4, -0.2) is 42.0 Å². The molecule has 0 spiro atoms. The number of aryl methyl sites for hydroxylation is 3. The second-order valence-electron chi connectivity index (χ2n) is 7.66. The summed E-state index contributed by atoms with van der Waals surface area (Å²) in [6, 6.07) is 12.5. The molecular weight excluding hydrogens is 378 g/mol. The highest BCUT2D eigenvalue weighted by atomic mass is 32.1. The summed E-state index contributed by atoms with van der Waals surface area (Å²) in [6.07, 6.45) is 0.397. The van der Waals surface area contributed by atoms with Gasteiger partial charge in [-0.3, -0.25) is 9.69 Å². The van der Waals surface area contributed by atoms with Crippen LogP contribution >= 0.6 is 11.3 Å². The van der Waals surface area contributed by atoms with E-state index in [0.717, 1.165) is 46.1 Å². The summed E-state index contributed by atoms with van der Waals surface area (Å²) in [5.74, 6) is 0.108. The van der Waals surface area contributed by atoms with Crippen molar-refractivity contribution in [2.45, 2.75) is 41.0 Å². The van der Waals surface area contributed by atoms with Gasteiger partial charge in [0.2, 0.25) is 5.91 Å². The Morgan fingerprint density at radius 3 is 2.45 bits per heavy atom. The summed E-state index contributed by atoms with van der Waals surface area (Å²) in [4.78, 5) is 22.4. The number of carbonyl (C=O) groups excluding carboxylic acids is 1. The van der Waals surface area contributed by atoms with Crippen molar-refractivity contribution in [1.82, 2.24) is 9.88 Å². The molecule has 1 aromatic heterocycles. The molecule has 0 aliphatic heterocycles. The first-order chi connectivity index (χ1) is 13.9. The third-order valence-electron chi connectivity index (χ3n) is 5.32. The van der Waals surface area contributed by atoms with Gasteiger partial charge in [-0.05, 0) is 56.6 Å². The van der Waals surface area contributed by atoms with Crippen molar-refractivity contribution in [2.24, 2.45) is 0 Å². The topological polar surface area (TPSA) is 36.4 Å². The number of nitrogens with zero attached hydrogens (tertiary/aromatic N) is 3. The molecule has 0 bridgehead atoms. The SMILES string of the molecule is CCN(CC)CCN(C(=O)Cc1cccc(C)c1)c1nc2c(C)cc(C)cc2s1. The largest absolute Gasteiger partial charge is 0.302 e. The minimum absolute atomic E-state index is 0.108. The number of anilines is 1. The summed E-state index contributed by atoms with van der Waals surface area (Å²) < 4.78 is 1.15. The molecule has 0 aliphatic carbocycles. The van der Waals surface area contributed by atoms with Crippen molar-refractivity contribution >= 4 is 32.6 Å². The molecule has 0 N–H and O–H groups in total. The zero-order valence-corrected chi connectivity index (χ0v) is 19.0. The number of thiazole rings is 1. The Hall–Kier alpha value is -2.24. The van der Waals surface area contributed by atoms with Gasteiger partial charge in [-0.2, -0.15) is 0 Å². The first kappa shape index (κ1) is 21.5. The van der Waals surface area contributed by atoms with E-state index in [9.17, 15) is 4.79 Å². The molecule has 2 aromatic carbocycles. The Kier molecular flexibility index (Phi) is 7.04. The molecule has 0 fully saturated rings. The molecular formula is C24H31N3OS. The first-order valence-corrected chi connectivity index (χ1v) is 11.2. The number of carbonyl (C=O) groups is 1. The second-order valence-corrected chi connectivity index (χ2v) is 8.67. The van der Waals surface area contributed by atoms with Gasteiger partial charge in [0.15, 0.2) is 5.13 Å². The standard InChI is InChI=1S/C24H31N3OS/c1-6-26(7-2)11-12-27(22(28)16-20-10-8-9-17(3)14-20)24-25-23-19(5)13-18(4)15-21(23)29-24/h8-10,13-15H,6-7,11-12,16H2,1-5H3.